The zero-order valence-corrected chi connectivity index (χ0v) is 18.0. The summed E-state index contributed by atoms with van der Waals surface area (Å²) in [6.45, 7) is 2.64. The average Bonchev–Trinajstić information content (AvgIpc) is 3.25. The Morgan fingerprint density at radius 2 is 1.90 bits per heavy atom. The smallest absolute Gasteiger partial charge is 0.436 e. The Balaban J connectivity index is 1.92. The lowest BCUT2D eigenvalue weighted by molar-refractivity contribution is -0.142. The molecule has 0 aliphatic carbocycles. The molecular formula is C19H17BrF3N5O3. The molecule has 0 unspecified atom stereocenters. The first-order valence-corrected chi connectivity index (χ1v) is 9.83. The van der Waals surface area contributed by atoms with E-state index < -0.39 is 30.3 Å². The van der Waals surface area contributed by atoms with Gasteiger partial charge in [0.25, 0.3) is 0 Å². The number of para-hydroxylation sites is 1. The normalized spacial score (nSPS) is 11.4. The Morgan fingerprint density at radius 3 is 2.48 bits per heavy atom. The lowest BCUT2D eigenvalue weighted by Gasteiger charge is -2.11. The number of hydrogen-bond donors (Lipinski definition) is 1. The highest BCUT2D eigenvalue weighted by Crippen LogP contribution is 2.35. The molecule has 0 fully saturated rings. The number of nitrogens with zero attached hydrogens (tertiary/aromatic N) is 4. The van der Waals surface area contributed by atoms with Gasteiger partial charge >= 0.3 is 12.1 Å². The Labute approximate surface area is 183 Å². The zero-order valence-electron chi connectivity index (χ0n) is 16.4. The van der Waals surface area contributed by atoms with E-state index in [1.165, 1.54) is 17.8 Å². The van der Waals surface area contributed by atoms with E-state index in [-0.39, 0.29) is 28.2 Å². The van der Waals surface area contributed by atoms with Crippen LogP contribution in [0.4, 0.5) is 19.0 Å². The third-order valence-electron chi connectivity index (χ3n) is 4.22. The van der Waals surface area contributed by atoms with Crippen LogP contribution in [-0.2, 0) is 22.3 Å². The fourth-order valence-corrected chi connectivity index (χ4v) is 3.27. The summed E-state index contributed by atoms with van der Waals surface area (Å²) in [5.74, 6) is -1.36. The van der Waals surface area contributed by atoms with Gasteiger partial charge in [-0.05, 0) is 41.9 Å². The van der Waals surface area contributed by atoms with Gasteiger partial charge in [-0.15, -0.1) is 0 Å². The molecule has 0 radical (unpaired) electrons. The summed E-state index contributed by atoms with van der Waals surface area (Å²) in [6, 6.07) is 8.70. The standard InChI is InChI=1S/C19H17BrF3N5O3/c1-3-31-18(30)13-9-24-28(12-7-5-4-6-8-12)17(13)25-14(29)10-27-11(2)15(20)16(26-27)19(21,22)23/h4-9H,3,10H2,1-2H3,(H,25,29). The van der Waals surface area contributed by atoms with Gasteiger partial charge in [0.1, 0.15) is 12.1 Å². The molecule has 0 atom stereocenters. The van der Waals surface area contributed by atoms with Crippen molar-refractivity contribution in [2.24, 2.45) is 0 Å². The topological polar surface area (TPSA) is 91.0 Å². The summed E-state index contributed by atoms with van der Waals surface area (Å²) in [5, 5.41) is 10.2. The molecule has 0 aliphatic rings. The van der Waals surface area contributed by atoms with Gasteiger partial charge in [0.2, 0.25) is 5.91 Å². The van der Waals surface area contributed by atoms with E-state index in [0.29, 0.717) is 5.69 Å². The van der Waals surface area contributed by atoms with Crippen LogP contribution in [-0.4, -0.2) is 38.0 Å². The minimum absolute atomic E-state index is 0.00778. The molecule has 164 valence electrons. The van der Waals surface area contributed by atoms with E-state index in [2.05, 4.69) is 31.4 Å². The van der Waals surface area contributed by atoms with Gasteiger partial charge in [-0.1, -0.05) is 18.2 Å². The van der Waals surface area contributed by atoms with Crippen LogP contribution in [0.1, 0.15) is 28.7 Å². The summed E-state index contributed by atoms with van der Waals surface area (Å²) in [6.07, 6.45) is -3.42. The summed E-state index contributed by atoms with van der Waals surface area (Å²) in [7, 11) is 0. The van der Waals surface area contributed by atoms with Gasteiger partial charge in [-0.25, -0.2) is 9.48 Å². The molecule has 3 aromatic rings. The number of nitrogens with one attached hydrogen (secondary N) is 1. The lowest BCUT2D eigenvalue weighted by Crippen LogP contribution is -2.23. The van der Waals surface area contributed by atoms with Crippen LogP contribution in [0.2, 0.25) is 0 Å². The Morgan fingerprint density at radius 1 is 1.23 bits per heavy atom. The fourth-order valence-electron chi connectivity index (χ4n) is 2.76. The molecule has 0 aliphatic heterocycles. The highest BCUT2D eigenvalue weighted by atomic mass is 79.9. The molecule has 0 spiro atoms. The van der Waals surface area contributed by atoms with E-state index in [9.17, 15) is 22.8 Å². The number of esters is 1. The minimum atomic E-state index is -4.67. The molecule has 1 aromatic carbocycles. The van der Waals surface area contributed by atoms with E-state index >= 15 is 0 Å². The predicted molar refractivity (Wildman–Crippen MR) is 108 cm³/mol. The zero-order chi connectivity index (χ0) is 22.8. The third kappa shape index (κ3) is 4.79. The van der Waals surface area contributed by atoms with E-state index in [0.717, 1.165) is 4.68 Å². The number of amides is 1. The maximum absolute atomic E-state index is 13.1. The first-order valence-electron chi connectivity index (χ1n) is 9.04. The van der Waals surface area contributed by atoms with Crippen molar-refractivity contribution >= 4 is 33.6 Å². The highest BCUT2D eigenvalue weighted by molar-refractivity contribution is 9.10. The number of alkyl halides is 3. The lowest BCUT2D eigenvalue weighted by atomic mass is 10.3. The van der Waals surface area contributed by atoms with Crippen molar-refractivity contribution in [3.05, 3.63) is 58.0 Å². The molecule has 0 saturated carbocycles. The van der Waals surface area contributed by atoms with Crippen molar-refractivity contribution in [3.8, 4) is 5.69 Å². The molecule has 1 N–H and O–H groups in total. The monoisotopic (exact) mass is 499 g/mol. The van der Waals surface area contributed by atoms with Crippen molar-refractivity contribution in [3.63, 3.8) is 0 Å². The number of carbonyl (C=O) groups is 2. The van der Waals surface area contributed by atoms with Crippen molar-refractivity contribution in [2.45, 2.75) is 26.6 Å². The summed E-state index contributed by atoms with van der Waals surface area (Å²) in [5.41, 5.74) is -0.428. The molecule has 0 bridgehead atoms. The quantitative estimate of drug-likeness (QED) is 0.518. The van der Waals surface area contributed by atoms with Crippen LogP contribution in [0.15, 0.2) is 41.0 Å². The molecule has 3 rings (SSSR count). The first kappa shape index (κ1) is 22.5. The van der Waals surface area contributed by atoms with Gasteiger partial charge < -0.3 is 10.1 Å². The predicted octanol–water partition coefficient (Wildman–Crippen LogP) is 3.97. The number of rotatable bonds is 6. The Kier molecular flexibility index (Phi) is 6.48. The maximum Gasteiger partial charge on any atom is 0.436 e. The number of anilines is 1. The molecule has 31 heavy (non-hydrogen) atoms. The molecule has 2 heterocycles. The SMILES string of the molecule is CCOC(=O)c1cnn(-c2ccccc2)c1NC(=O)Cn1nc(C(F)(F)F)c(Br)c1C. The second-order valence-electron chi connectivity index (χ2n) is 6.33. The molecule has 12 heteroatoms. The van der Waals surface area contributed by atoms with Crippen LogP contribution in [0, 0.1) is 6.92 Å². The van der Waals surface area contributed by atoms with E-state index in [4.69, 9.17) is 4.74 Å². The van der Waals surface area contributed by atoms with Crippen molar-refractivity contribution < 1.29 is 27.5 Å². The van der Waals surface area contributed by atoms with Crippen molar-refractivity contribution in [1.29, 1.82) is 0 Å². The molecule has 2 aromatic heterocycles. The van der Waals surface area contributed by atoms with Gasteiger partial charge in [0.15, 0.2) is 11.5 Å². The Bertz CT molecular complexity index is 1110. The van der Waals surface area contributed by atoms with Crippen LogP contribution in [0.5, 0.6) is 0 Å². The molecule has 1 amide bonds. The summed E-state index contributed by atoms with van der Waals surface area (Å²) < 4.78 is 46.2. The Hall–Kier alpha value is -3.15. The van der Waals surface area contributed by atoms with Crippen molar-refractivity contribution in [1.82, 2.24) is 19.6 Å². The molecule has 8 nitrogen and oxygen atoms in total. The summed E-state index contributed by atoms with van der Waals surface area (Å²) in [4.78, 5) is 24.9. The third-order valence-corrected chi connectivity index (χ3v) is 5.17. The van der Waals surface area contributed by atoms with Gasteiger partial charge in [0, 0.05) is 0 Å². The van der Waals surface area contributed by atoms with Crippen molar-refractivity contribution in [2.75, 3.05) is 11.9 Å². The van der Waals surface area contributed by atoms with E-state index in [1.807, 2.05) is 0 Å². The minimum Gasteiger partial charge on any atom is -0.462 e. The second-order valence-corrected chi connectivity index (χ2v) is 7.12. The van der Waals surface area contributed by atoms with Crippen LogP contribution >= 0.6 is 15.9 Å². The molecule has 0 saturated heterocycles. The first-order chi connectivity index (χ1) is 14.6. The van der Waals surface area contributed by atoms with E-state index in [1.54, 1.807) is 37.3 Å². The highest BCUT2D eigenvalue weighted by Gasteiger charge is 2.38. The number of aromatic nitrogens is 4. The number of benzene rings is 1. The average molecular weight is 500 g/mol. The number of halogens is 4. The van der Waals surface area contributed by atoms with Gasteiger partial charge in [0.05, 0.1) is 28.7 Å². The largest absolute Gasteiger partial charge is 0.462 e. The molecular weight excluding hydrogens is 483 g/mol. The second kappa shape index (κ2) is 8.92. The van der Waals surface area contributed by atoms with Crippen LogP contribution in [0.25, 0.3) is 5.69 Å². The maximum atomic E-state index is 13.1. The number of carbonyl (C=O) groups excluding carboxylic acids is 2. The van der Waals surface area contributed by atoms with Crippen LogP contribution in [0.3, 0.4) is 0 Å². The van der Waals surface area contributed by atoms with Gasteiger partial charge in [-0.3, -0.25) is 9.48 Å². The number of hydrogen-bond acceptors (Lipinski definition) is 5. The fraction of sp³-hybridized carbons (Fsp3) is 0.263. The number of ether oxygens (including phenoxy) is 1. The van der Waals surface area contributed by atoms with Gasteiger partial charge in [-0.2, -0.15) is 23.4 Å². The van der Waals surface area contributed by atoms with Crippen LogP contribution < -0.4 is 5.32 Å². The summed E-state index contributed by atoms with van der Waals surface area (Å²) >= 11 is 2.87.